The van der Waals surface area contributed by atoms with Crippen LogP contribution in [0.2, 0.25) is 0 Å². The number of hydrogen-bond donors (Lipinski definition) is 1. The van der Waals surface area contributed by atoms with E-state index in [-0.39, 0.29) is 17.9 Å². The zero-order chi connectivity index (χ0) is 12.5. The van der Waals surface area contributed by atoms with Crippen LogP contribution in [0.25, 0.3) is 0 Å². The summed E-state index contributed by atoms with van der Waals surface area (Å²) < 4.78 is 45.2. The lowest BCUT2D eigenvalue weighted by Gasteiger charge is -2.32. The number of ether oxygens (including phenoxy) is 2. The molecule has 0 unspecified atom stereocenters. The number of alkyl halides is 3. The van der Waals surface area contributed by atoms with Gasteiger partial charge >= 0.3 is 6.36 Å². The molecular formula is C11H12F3NO2. The minimum Gasteiger partial charge on any atom is -0.490 e. The second-order valence-electron chi connectivity index (χ2n) is 3.99. The highest BCUT2D eigenvalue weighted by Gasteiger charge is 2.31. The van der Waals surface area contributed by atoms with Gasteiger partial charge in [0.15, 0.2) is 0 Å². The van der Waals surface area contributed by atoms with Gasteiger partial charge in [-0.15, -0.1) is 13.2 Å². The molecule has 94 valence electrons. The summed E-state index contributed by atoms with van der Waals surface area (Å²) in [6.45, 7) is 0. The maximum atomic E-state index is 12.0. The Bertz CT molecular complexity index is 389. The molecule has 0 amide bonds. The van der Waals surface area contributed by atoms with Crippen LogP contribution >= 0.6 is 0 Å². The number of nitrogens with two attached hydrogens (primary N) is 1. The van der Waals surface area contributed by atoms with E-state index in [0.717, 1.165) is 12.8 Å². The van der Waals surface area contributed by atoms with Crippen LogP contribution in [0.4, 0.5) is 13.2 Å². The topological polar surface area (TPSA) is 44.5 Å². The summed E-state index contributed by atoms with van der Waals surface area (Å²) in [5, 5.41) is 0. The van der Waals surface area contributed by atoms with Crippen molar-refractivity contribution in [2.45, 2.75) is 31.3 Å². The molecule has 6 heteroatoms. The van der Waals surface area contributed by atoms with Gasteiger partial charge in [0.1, 0.15) is 17.6 Å². The van der Waals surface area contributed by atoms with E-state index in [1.54, 1.807) is 6.07 Å². The average molecular weight is 247 g/mol. The maximum absolute atomic E-state index is 12.0. The van der Waals surface area contributed by atoms with Crippen molar-refractivity contribution in [3.8, 4) is 11.5 Å². The summed E-state index contributed by atoms with van der Waals surface area (Å²) in [6, 6.07) is 5.63. The second-order valence-corrected chi connectivity index (χ2v) is 3.99. The molecular weight excluding hydrogens is 235 g/mol. The van der Waals surface area contributed by atoms with E-state index in [1.165, 1.54) is 18.2 Å². The van der Waals surface area contributed by atoms with Crippen LogP contribution < -0.4 is 15.2 Å². The van der Waals surface area contributed by atoms with Crippen LogP contribution in [0.15, 0.2) is 24.3 Å². The van der Waals surface area contributed by atoms with E-state index >= 15 is 0 Å². The third kappa shape index (κ3) is 3.52. The second kappa shape index (κ2) is 4.44. The van der Waals surface area contributed by atoms with Crippen LogP contribution in [-0.4, -0.2) is 18.5 Å². The zero-order valence-electron chi connectivity index (χ0n) is 8.91. The molecule has 1 aromatic rings. The molecule has 0 heterocycles. The number of hydrogen-bond acceptors (Lipinski definition) is 3. The lowest BCUT2D eigenvalue weighted by atomic mass is 9.90. The van der Waals surface area contributed by atoms with Gasteiger partial charge in [-0.05, 0) is 25.0 Å². The molecule has 2 N–H and O–H groups in total. The van der Waals surface area contributed by atoms with E-state index in [1.807, 2.05) is 0 Å². The van der Waals surface area contributed by atoms with Crippen molar-refractivity contribution < 1.29 is 22.6 Å². The Hall–Kier alpha value is -1.43. The Morgan fingerprint density at radius 2 is 1.82 bits per heavy atom. The van der Waals surface area contributed by atoms with E-state index < -0.39 is 6.36 Å². The van der Waals surface area contributed by atoms with E-state index in [2.05, 4.69) is 4.74 Å². The Kier molecular flexibility index (Phi) is 3.15. The first-order chi connectivity index (χ1) is 7.92. The highest BCUT2D eigenvalue weighted by molar-refractivity contribution is 5.33. The molecule has 1 fully saturated rings. The fourth-order valence-electron chi connectivity index (χ4n) is 1.64. The monoisotopic (exact) mass is 247 g/mol. The van der Waals surface area contributed by atoms with E-state index in [0.29, 0.717) is 5.75 Å². The Labute approximate surface area is 96.3 Å². The maximum Gasteiger partial charge on any atom is 0.573 e. The summed E-state index contributed by atoms with van der Waals surface area (Å²) in [5.74, 6) is 0.0854. The molecule has 0 radical (unpaired) electrons. The normalized spacial score (nSPS) is 24.0. The first-order valence-electron chi connectivity index (χ1n) is 5.20. The van der Waals surface area contributed by atoms with Crippen molar-refractivity contribution in [3.05, 3.63) is 24.3 Å². The van der Waals surface area contributed by atoms with Crippen molar-refractivity contribution in [1.29, 1.82) is 0 Å². The minimum absolute atomic E-state index is 0.00821. The van der Waals surface area contributed by atoms with E-state index in [9.17, 15) is 13.2 Å². The summed E-state index contributed by atoms with van der Waals surface area (Å²) in [5.41, 5.74) is 5.58. The van der Waals surface area contributed by atoms with Gasteiger partial charge in [-0.3, -0.25) is 0 Å². The predicted octanol–water partition coefficient (Wildman–Crippen LogP) is 2.45. The molecule has 1 aliphatic rings. The minimum atomic E-state index is -4.68. The summed E-state index contributed by atoms with van der Waals surface area (Å²) in [4.78, 5) is 0. The highest BCUT2D eigenvalue weighted by atomic mass is 19.4. The average Bonchev–Trinajstić information content (AvgIpc) is 2.13. The Balaban J connectivity index is 1.96. The van der Waals surface area contributed by atoms with Gasteiger partial charge < -0.3 is 15.2 Å². The van der Waals surface area contributed by atoms with Gasteiger partial charge in [0.2, 0.25) is 0 Å². The van der Waals surface area contributed by atoms with E-state index in [4.69, 9.17) is 10.5 Å². The standard InChI is InChI=1S/C11H12F3NO2/c12-11(13,14)17-9-3-1-2-8(6-9)16-10-4-7(15)5-10/h1-3,6-7,10H,4-5,15H2/t7-,10-. The Morgan fingerprint density at radius 3 is 2.41 bits per heavy atom. The van der Waals surface area contributed by atoms with Gasteiger partial charge in [0.05, 0.1) is 0 Å². The quantitative estimate of drug-likeness (QED) is 0.892. The summed E-state index contributed by atoms with van der Waals surface area (Å²) in [7, 11) is 0. The SMILES string of the molecule is N[C@H]1C[C@H](Oc2cccc(OC(F)(F)F)c2)C1. The van der Waals surface area contributed by atoms with Crippen molar-refractivity contribution in [1.82, 2.24) is 0 Å². The number of benzene rings is 1. The van der Waals surface area contributed by atoms with Crippen LogP contribution in [0.1, 0.15) is 12.8 Å². The first-order valence-corrected chi connectivity index (χ1v) is 5.20. The Morgan fingerprint density at radius 1 is 1.18 bits per heavy atom. The molecule has 2 rings (SSSR count). The lowest BCUT2D eigenvalue weighted by Crippen LogP contribution is -2.43. The molecule has 1 saturated carbocycles. The molecule has 0 aromatic heterocycles. The number of halogens is 3. The van der Waals surface area contributed by atoms with Crippen LogP contribution in [0, 0.1) is 0 Å². The van der Waals surface area contributed by atoms with Crippen LogP contribution in [0.3, 0.4) is 0 Å². The molecule has 0 bridgehead atoms. The molecule has 1 aliphatic carbocycles. The molecule has 3 nitrogen and oxygen atoms in total. The zero-order valence-corrected chi connectivity index (χ0v) is 8.91. The molecule has 0 spiro atoms. The van der Waals surface area contributed by atoms with Gasteiger partial charge in [0, 0.05) is 12.1 Å². The van der Waals surface area contributed by atoms with Crippen molar-refractivity contribution in [2.24, 2.45) is 5.73 Å². The van der Waals surface area contributed by atoms with Crippen LogP contribution in [0.5, 0.6) is 11.5 Å². The van der Waals surface area contributed by atoms with Gasteiger partial charge in [-0.25, -0.2) is 0 Å². The summed E-state index contributed by atoms with van der Waals surface area (Å²) >= 11 is 0. The largest absolute Gasteiger partial charge is 0.573 e. The van der Waals surface area contributed by atoms with Gasteiger partial charge in [-0.1, -0.05) is 6.07 Å². The smallest absolute Gasteiger partial charge is 0.490 e. The fraction of sp³-hybridized carbons (Fsp3) is 0.455. The molecule has 0 saturated heterocycles. The molecule has 0 atom stereocenters. The lowest BCUT2D eigenvalue weighted by molar-refractivity contribution is -0.274. The van der Waals surface area contributed by atoms with Crippen molar-refractivity contribution >= 4 is 0 Å². The first kappa shape index (κ1) is 12.0. The van der Waals surface area contributed by atoms with Gasteiger partial charge in [0.25, 0.3) is 0 Å². The molecule has 17 heavy (non-hydrogen) atoms. The fourth-order valence-corrected chi connectivity index (χ4v) is 1.64. The predicted molar refractivity (Wildman–Crippen MR) is 54.8 cm³/mol. The third-order valence-corrected chi connectivity index (χ3v) is 2.47. The molecule has 1 aromatic carbocycles. The number of rotatable bonds is 3. The van der Waals surface area contributed by atoms with Crippen molar-refractivity contribution in [2.75, 3.05) is 0 Å². The molecule has 0 aliphatic heterocycles. The third-order valence-electron chi connectivity index (χ3n) is 2.47. The van der Waals surface area contributed by atoms with Crippen molar-refractivity contribution in [3.63, 3.8) is 0 Å². The van der Waals surface area contributed by atoms with Crippen LogP contribution in [-0.2, 0) is 0 Å². The highest BCUT2D eigenvalue weighted by Crippen LogP contribution is 2.29. The van der Waals surface area contributed by atoms with Gasteiger partial charge in [-0.2, -0.15) is 0 Å². The summed E-state index contributed by atoms with van der Waals surface area (Å²) in [6.07, 6.45) is -3.24.